The highest BCUT2D eigenvalue weighted by Crippen LogP contribution is 2.22. The normalized spacial score (nSPS) is 15.6. The lowest BCUT2D eigenvalue weighted by Gasteiger charge is -2.24. The number of carbonyl (C=O) groups excluding carboxylic acids is 1. The third-order valence-electron chi connectivity index (χ3n) is 1.85. The predicted molar refractivity (Wildman–Crippen MR) is 63.1 cm³/mol. The number of esters is 1. The summed E-state index contributed by atoms with van der Waals surface area (Å²) in [6, 6.07) is 2.49. The Bertz CT molecular complexity index is 343. The maximum atomic E-state index is 11.6. The molecule has 0 radical (unpaired) electrons. The van der Waals surface area contributed by atoms with Crippen LogP contribution in [0.5, 0.6) is 0 Å². The summed E-state index contributed by atoms with van der Waals surface area (Å²) >= 11 is 1.36. The number of aliphatic hydroxyl groups excluding tert-OH is 1. The molecule has 5 heteroatoms. The van der Waals surface area contributed by atoms with Crippen LogP contribution in [-0.2, 0) is 9.53 Å². The summed E-state index contributed by atoms with van der Waals surface area (Å²) < 4.78 is 5.10. The summed E-state index contributed by atoms with van der Waals surface area (Å²) in [6.07, 6.45) is -1.00. The van der Waals surface area contributed by atoms with Crippen molar-refractivity contribution >= 4 is 17.3 Å². The molecule has 3 N–H and O–H groups in total. The van der Waals surface area contributed by atoms with Gasteiger partial charge in [-0.1, -0.05) is 6.07 Å². The molecule has 0 spiro atoms. The Morgan fingerprint density at radius 2 is 2.19 bits per heavy atom. The van der Waals surface area contributed by atoms with E-state index in [0.29, 0.717) is 4.88 Å². The molecule has 0 bridgehead atoms. The Balaban J connectivity index is 2.64. The van der Waals surface area contributed by atoms with Gasteiger partial charge in [-0.15, -0.1) is 11.3 Å². The maximum absolute atomic E-state index is 11.6. The van der Waals surface area contributed by atoms with Crippen LogP contribution in [0.15, 0.2) is 17.5 Å². The molecular weight excluding hydrogens is 226 g/mol. The lowest BCUT2D eigenvalue weighted by molar-refractivity contribution is -0.159. The molecule has 0 saturated carbocycles. The maximum Gasteiger partial charge on any atom is 0.326 e. The molecule has 0 amide bonds. The minimum atomic E-state index is -1.04. The van der Waals surface area contributed by atoms with Gasteiger partial charge in [0, 0.05) is 4.88 Å². The Morgan fingerprint density at radius 1 is 1.56 bits per heavy atom. The average molecular weight is 243 g/mol. The van der Waals surface area contributed by atoms with E-state index in [1.165, 1.54) is 11.3 Å². The molecule has 1 heterocycles. The number of nitrogens with two attached hydrogens (primary N) is 1. The minimum absolute atomic E-state index is 0.589. The summed E-state index contributed by atoms with van der Waals surface area (Å²) in [5, 5.41) is 11.6. The second-order valence-corrected chi connectivity index (χ2v) is 5.50. The molecule has 0 aliphatic rings. The fourth-order valence-corrected chi connectivity index (χ4v) is 1.89. The zero-order valence-corrected chi connectivity index (χ0v) is 10.5. The third-order valence-corrected chi connectivity index (χ3v) is 2.80. The summed E-state index contributed by atoms with van der Waals surface area (Å²) in [6.45, 7) is 5.28. The first-order valence-corrected chi connectivity index (χ1v) is 5.89. The van der Waals surface area contributed by atoms with Gasteiger partial charge >= 0.3 is 5.97 Å². The number of thiophene rings is 1. The van der Waals surface area contributed by atoms with E-state index in [0.717, 1.165) is 0 Å². The average Bonchev–Trinajstić information content (AvgIpc) is 2.65. The fourth-order valence-electron chi connectivity index (χ4n) is 1.14. The number of carbonyl (C=O) groups is 1. The quantitative estimate of drug-likeness (QED) is 0.788. The Morgan fingerprint density at radius 3 is 2.62 bits per heavy atom. The van der Waals surface area contributed by atoms with E-state index in [1.54, 1.807) is 32.9 Å². The molecule has 0 fully saturated rings. The lowest BCUT2D eigenvalue weighted by atomic mass is 10.1. The molecule has 2 atom stereocenters. The van der Waals surface area contributed by atoms with Gasteiger partial charge in [-0.3, -0.25) is 4.79 Å². The number of hydrogen-bond donors (Lipinski definition) is 2. The van der Waals surface area contributed by atoms with Crippen LogP contribution < -0.4 is 5.73 Å². The first-order chi connectivity index (χ1) is 7.31. The standard InChI is InChI=1S/C11H17NO3S/c1-11(2,3)15-10(14)8(12)9(13)7-5-4-6-16-7/h4-6,8-9,13H,12H2,1-3H3/t8-,9?/m0/s1. The molecule has 0 aliphatic heterocycles. The SMILES string of the molecule is CC(C)(C)OC(=O)[C@@H](N)C(O)c1cccs1. The first kappa shape index (κ1) is 13.2. The lowest BCUT2D eigenvalue weighted by Crippen LogP contribution is -2.41. The van der Waals surface area contributed by atoms with Gasteiger partial charge in [0.25, 0.3) is 0 Å². The van der Waals surface area contributed by atoms with Gasteiger partial charge in [0.15, 0.2) is 0 Å². The smallest absolute Gasteiger partial charge is 0.326 e. The van der Waals surface area contributed by atoms with E-state index in [9.17, 15) is 9.90 Å². The van der Waals surface area contributed by atoms with Gasteiger partial charge in [-0.2, -0.15) is 0 Å². The van der Waals surface area contributed by atoms with E-state index in [4.69, 9.17) is 10.5 Å². The van der Waals surface area contributed by atoms with Crippen molar-refractivity contribution in [3.8, 4) is 0 Å². The van der Waals surface area contributed by atoms with E-state index in [2.05, 4.69) is 0 Å². The monoisotopic (exact) mass is 243 g/mol. The summed E-state index contributed by atoms with van der Waals surface area (Å²) in [5.74, 6) is -0.589. The van der Waals surface area contributed by atoms with Crippen LogP contribution in [-0.4, -0.2) is 22.7 Å². The van der Waals surface area contributed by atoms with Crippen LogP contribution in [0.4, 0.5) is 0 Å². The van der Waals surface area contributed by atoms with Gasteiger partial charge in [0.2, 0.25) is 0 Å². The highest BCUT2D eigenvalue weighted by atomic mass is 32.1. The second kappa shape index (κ2) is 4.95. The number of hydrogen-bond acceptors (Lipinski definition) is 5. The zero-order chi connectivity index (χ0) is 12.3. The molecule has 1 aromatic heterocycles. The highest BCUT2D eigenvalue weighted by molar-refractivity contribution is 7.10. The van der Waals surface area contributed by atoms with Crippen LogP contribution >= 0.6 is 11.3 Å². The van der Waals surface area contributed by atoms with Gasteiger partial charge in [-0.05, 0) is 32.2 Å². The molecule has 1 unspecified atom stereocenters. The Hall–Kier alpha value is -0.910. The zero-order valence-electron chi connectivity index (χ0n) is 9.64. The van der Waals surface area contributed by atoms with Crippen molar-refractivity contribution < 1.29 is 14.6 Å². The van der Waals surface area contributed by atoms with Gasteiger partial charge in [0.1, 0.15) is 17.7 Å². The van der Waals surface area contributed by atoms with Gasteiger partial charge in [-0.25, -0.2) is 0 Å². The number of rotatable bonds is 3. The van der Waals surface area contributed by atoms with Crippen LogP contribution in [0.1, 0.15) is 31.8 Å². The van der Waals surface area contributed by atoms with Crippen molar-refractivity contribution in [2.75, 3.05) is 0 Å². The Labute approximate surface area is 99.0 Å². The number of ether oxygens (including phenoxy) is 1. The van der Waals surface area contributed by atoms with Crippen molar-refractivity contribution in [1.82, 2.24) is 0 Å². The van der Waals surface area contributed by atoms with Crippen molar-refractivity contribution in [2.24, 2.45) is 5.73 Å². The van der Waals surface area contributed by atoms with Crippen LogP contribution in [0, 0.1) is 0 Å². The van der Waals surface area contributed by atoms with Crippen molar-refractivity contribution in [3.05, 3.63) is 22.4 Å². The molecule has 1 aromatic rings. The molecule has 0 aliphatic carbocycles. The van der Waals surface area contributed by atoms with Crippen LogP contribution in [0.25, 0.3) is 0 Å². The van der Waals surface area contributed by atoms with Crippen molar-refractivity contribution in [1.29, 1.82) is 0 Å². The topological polar surface area (TPSA) is 72.5 Å². The summed E-state index contributed by atoms with van der Waals surface area (Å²) in [7, 11) is 0. The van der Waals surface area contributed by atoms with Gasteiger partial charge < -0.3 is 15.6 Å². The van der Waals surface area contributed by atoms with Crippen LogP contribution in [0.3, 0.4) is 0 Å². The minimum Gasteiger partial charge on any atom is -0.459 e. The molecule has 0 saturated heterocycles. The molecule has 0 aromatic carbocycles. The predicted octanol–water partition coefficient (Wildman–Crippen LogP) is 1.45. The summed E-state index contributed by atoms with van der Waals surface area (Å²) in [4.78, 5) is 12.3. The van der Waals surface area contributed by atoms with Crippen molar-refractivity contribution in [2.45, 2.75) is 38.5 Å². The Kier molecular flexibility index (Phi) is 4.07. The largest absolute Gasteiger partial charge is 0.459 e. The van der Waals surface area contributed by atoms with E-state index in [1.807, 2.05) is 5.38 Å². The molecular formula is C11H17NO3S. The fraction of sp³-hybridized carbons (Fsp3) is 0.545. The highest BCUT2D eigenvalue weighted by Gasteiger charge is 2.29. The second-order valence-electron chi connectivity index (χ2n) is 4.52. The summed E-state index contributed by atoms with van der Waals surface area (Å²) in [5.41, 5.74) is 5.05. The molecule has 1 rings (SSSR count). The van der Waals surface area contributed by atoms with Gasteiger partial charge in [0.05, 0.1) is 0 Å². The first-order valence-electron chi connectivity index (χ1n) is 5.01. The van der Waals surface area contributed by atoms with Crippen LogP contribution in [0.2, 0.25) is 0 Å². The van der Waals surface area contributed by atoms with E-state index < -0.39 is 23.7 Å². The third kappa shape index (κ3) is 3.59. The number of aliphatic hydroxyl groups is 1. The molecule has 4 nitrogen and oxygen atoms in total. The van der Waals surface area contributed by atoms with E-state index in [-0.39, 0.29) is 0 Å². The molecule has 16 heavy (non-hydrogen) atoms. The van der Waals surface area contributed by atoms with E-state index >= 15 is 0 Å². The molecule has 90 valence electrons. The van der Waals surface area contributed by atoms with Crippen molar-refractivity contribution in [3.63, 3.8) is 0 Å².